The second-order valence-electron chi connectivity index (χ2n) is 4.54. The lowest BCUT2D eigenvalue weighted by Gasteiger charge is -2.16. The molecule has 2 aromatic heterocycles. The van der Waals surface area contributed by atoms with Gasteiger partial charge in [0.25, 0.3) is 0 Å². The van der Waals surface area contributed by atoms with Gasteiger partial charge >= 0.3 is 6.18 Å². The molecule has 108 valence electrons. The summed E-state index contributed by atoms with van der Waals surface area (Å²) in [7, 11) is 0. The minimum absolute atomic E-state index is 0.0376. The Balaban J connectivity index is 2.49. The number of aliphatic hydroxyl groups excluding tert-OH is 1. The van der Waals surface area contributed by atoms with Gasteiger partial charge in [0.05, 0.1) is 16.1 Å². The number of nitrogens with zero attached hydrogens (tertiary/aromatic N) is 3. The Morgan fingerprint density at radius 3 is 2.60 bits per heavy atom. The minimum Gasteiger partial charge on any atom is -0.383 e. The zero-order valence-corrected chi connectivity index (χ0v) is 11.5. The molecule has 1 unspecified atom stereocenters. The third-order valence-corrected chi connectivity index (χ3v) is 3.58. The van der Waals surface area contributed by atoms with Gasteiger partial charge in [-0.2, -0.15) is 13.2 Å². The van der Waals surface area contributed by atoms with Gasteiger partial charge in [-0.15, -0.1) is 5.10 Å². The first-order valence-corrected chi connectivity index (χ1v) is 6.61. The lowest BCUT2D eigenvalue weighted by molar-refractivity contribution is -0.139. The van der Waals surface area contributed by atoms with Crippen molar-refractivity contribution in [2.24, 2.45) is 0 Å². The highest BCUT2D eigenvalue weighted by Gasteiger charge is 2.36. The molecule has 0 aliphatic rings. The van der Waals surface area contributed by atoms with Crippen molar-refractivity contribution in [3.63, 3.8) is 0 Å². The van der Waals surface area contributed by atoms with Crippen molar-refractivity contribution in [3.8, 4) is 0 Å². The Labute approximate surface area is 117 Å². The van der Waals surface area contributed by atoms with Gasteiger partial charge in [-0.25, -0.2) is 0 Å². The summed E-state index contributed by atoms with van der Waals surface area (Å²) in [5.74, 6) is -0.0376. The lowest BCUT2D eigenvalue weighted by atomic mass is 10.00. The quantitative estimate of drug-likeness (QED) is 0.946. The smallest absolute Gasteiger partial charge is 0.383 e. The maximum atomic E-state index is 12.9. The summed E-state index contributed by atoms with van der Waals surface area (Å²) in [6.45, 7) is 3.67. The van der Waals surface area contributed by atoms with Crippen LogP contribution in [0, 0.1) is 0 Å². The molecule has 0 radical (unpaired) electrons. The Kier molecular flexibility index (Phi) is 4.05. The zero-order chi connectivity index (χ0) is 14.9. The molecule has 0 aliphatic heterocycles. The molecule has 4 nitrogen and oxygen atoms in total. The lowest BCUT2D eigenvalue weighted by Crippen LogP contribution is -2.13. The van der Waals surface area contributed by atoms with Crippen molar-refractivity contribution in [3.05, 3.63) is 40.2 Å². The van der Waals surface area contributed by atoms with Crippen LogP contribution in [-0.4, -0.2) is 19.7 Å². The summed E-state index contributed by atoms with van der Waals surface area (Å²) in [6.07, 6.45) is -3.90. The predicted molar refractivity (Wildman–Crippen MR) is 67.3 cm³/mol. The van der Waals surface area contributed by atoms with E-state index < -0.39 is 17.8 Å². The molecular formula is C12H12F3N3OS. The van der Waals surface area contributed by atoms with Crippen LogP contribution in [0.3, 0.4) is 0 Å². The maximum absolute atomic E-state index is 12.9. The normalized spacial score (nSPS) is 13.8. The molecule has 2 heterocycles. The van der Waals surface area contributed by atoms with Crippen LogP contribution in [0.5, 0.6) is 0 Å². The van der Waals surface area contributed by atoms with Gasteiger partial charge in [0, 0.05) is 18.0 Å². The third kappa shape index (κ3) is 2.80. The molecule has 2 aromatic rings. The van der Waals surface area contributed by atoms with Crippen LogP contribution in [0.4, 0.5) is 13.2 Å². The molecule has 0 amide bonds. The van der Waals surface area contributed by atoms with Gasteiger partial charge in [0.2, 0.25) is 0 Å². The first-order chi connectivity index (χ1) is 9.32. The van der Waals surface area contributed by atoms with Crippen molar-refractivity contribution >= 4 is 11.5 Å². The summed E-state index contributed by atoms with van der Waals surface area (Å²) in [5, 5.41) is 14.1. The molecule has 0 spiro atoms. The van der Waals surface area contributed by atoms with E-state index >= 15 is 0 Å². The van der Waals surface area contributed by atoms with Gasteiger partial charge in [-0.3, -0.25) is 4.98 Å². The molecule has 1 atom stereocenters. The van der Waals surface area contributed by atoms with Gasteiger partial charge in [-0.1, -0.05) is 18.3 Å². The van der Waals surface area contributed by atoms with Crippen molar-refractivity contribution in [2.45, 2.75) is 32.0 Å². The monoisotopic (exact) mass is 303 g/mol. The SMILES string of the molecule is CC(C)c1nnsc1C(O)c1cnccc1C(F)(F)F. The van der Waals surface area contributed by atoms with E-state index in [4.69, 9.17) is 0 Å². The fraction of sp³-hybridized carbons (Fsp3) is 0.417. The zero-order valence-electron chi connectivity index (χ0n) is 10.7. The van der Waals surface area contributed by atoms with Gasteiger partial charge in [0.1, 0.15) is 6.10 Å². The van der Waals surface area contributed by atoms with Crippen molar-refractivity contribution in [2.75, 3.05) is 0 Å². The molecule has 0 bridgehead atoms. The molecule has 0 aromatic carbocycles. The van der Waals surface area contributed by atoms with E-state index in [1.807, 2.05) is 13.8 Å². The van der Waals surface area contributed by atoms with Gasteiger partial charge < -0.3 is 5.11 Å². The number of aliphatic hydroxyl groups is 1. The largest absolute Gasteiger partial charge is 0.416 e. The van der Waals surface area contributed by atoms with Crippen molar-refractivity contribution in [1.82, 2.24) is 14.6 Å². The topological polar surface area (TPSA) is 58.9 Å². The summed E-state index contributed by atoms with van der Waals surface area (Å²) in [4.78, 5) is 3.99. The van der Waals surface area contributed by atoms with Crippen LogP contribution >= 0.6 is 11.5 Å². The first kappa shape index (κ1) is 14.9. The average Bonchev–Trinajstić information content (AvgIpc) is 2.86. The van der Waals surface area contributed by atoms with E-state index in [1.54, 1.807) is 0 Å². The third-order valence-electron chi connectivity index (χ3n) is 2.79. The van der Waals surface area contributed by atoms with Crippen LogP contribution in [-0.2, 0) is 6.18 Å². The molecule has 2 rings (SSSR count). The Hall–Kier alpha value is -1.54. The number of alkyl halides is 3. The molecule has 8 heteroatoms. The van der Waals surface area contributed by atoms with Crippen LogP contribution in [0.25, 0.3) is 0 Å². The van der Waals surface area contributed by atoms with Crippen molar-refractivity contribution < 1.29 is 18.3 Å². The number of halogens is 3. The van der Waals surface area contributed by atoms with Crippen LogP contribution in [0.2, 0.25) is 0 Å². The van der Waals surface area contributed by atoms with Crippen LogP contribution < -0.4 is 0 Å². The highest BCUT2D eigenvalue weighted by atomic mass is 32.1. The number of pyridine rings is 1. The van der Waals surface area contributed by atoms with Gasteiger partial charge in [-0.05, 0) is 23.5 Å². The number of hydrogen-bond donors (Lipinski definition) is 1. The van der Waals surface area contributed by atoms with E-state index in [-0.39, 0.29) is 11.5 Å². The van der Waals surface area contributed by atoms with E-state index in [0.717, 1.165) is 30.0 Å². The molecule has 1 N–H and O–H groups in total. The number of aromatic nitrogens is 3. The van der Waals surface area contributed by atoms with E-state index in [2.05, 4.69) is 14.6 Å². The predicted octanol–water partition coefficient (Wildman–Crippen LogP) is 3.16. The average molecular weight is 303 g/mol. The van der Waals surface area contributed by atoms with Gasteiger partial charge in [0.15, 0.2) is 0 Å². The maximum Gasteiger partial charge on any atom is 0.416 e. The molecule has 0 saturated heterocycles. The molecular weight excluding hydrogens is 291 g/mol. The molecule has 0 fully saturated rings. The standard InChI is InChI=1S/C12H12F3N3OS/c1-6(2)9-11(20-18-17-9)10(19)7-5-16-4-3-8(7)12(13,14)15/h3-6,10,19H,1-2H3. The molecule has 0 saturated carbocycles. The van der Waals surface area contributed by atoms with E-state index in [0.29, 0.717) is 10.6 Å². The minimum atomic E-state index is -4.55. The molecule has 0 aliphatic carbocycles. The fourth-order valence-electron chi connectivity index (χ4n) is 1.82. The van der Waals surface area contributed by atoms with Crippen LogP contribution in [0.15, 0.2) is 18.5 Å². The van der Waals surface area contributed by atoms with E-state index in [1.165, 1.54) is 0 Å². The summed E-state index contributed by atoms with van der Waals surface area (Å²) < 4.78 is 42.5. The summed E-state index contributed by atoms with van der Waals surface area (Å²) in [5.41, 5.74) is -0.685. The highest BCUT2D eigenvalue weighted by Crippen LogP contribution is 2.38. The van der Waals surface area contributed by atoms with Crippen molar-refractivity contribution in [1.29, 1.82) is 0 Å². The first-order valence-electron chi connectivity index (χ1n) is 5.83. The van der Waals surface area contributed by atoms with Crippen LogP contribution in [0.1, 0.15) is 47.6 Å². The Bertz CT molecular complexity index is 598. The fourth-order valence-corrected chi connectivity index (χ4v) is 2.63. The second-order valence-corrected chi connectivity index (χ2v) is 5.33. The summed E-state index contributed by atoms with van der Waals surface area (Å²) in [6, 6.07) is 0.849. The van der Waals surface area contributed by atoms with E-state index in [9.17, 15) is 18.3 Å². The highest BCUT2D eigenvalue weighted by molar-refractivity contribution is 7.05. The Morgan fingerprint density at radius 2 is 2.00 bits per heavy atom. The molecule has 20 heavy (non-hydrogen) atoms. The number of rotatable bonds is 3. The number of hydrogen-bond acceptors (Lipinski definition) is 5. The Morgan fingerprint density at radius 1 is 1.30 bits per heavy atom. The summed E-state index contributed by atoms with van der Waals surface area (Å²) >= 11 is 0.894. The second kappa shape index (κ2) is 5.45.